The maximum absolute atomic E-state index is 5.66. The zero-order valence-corrected chi connectivity index (χ0v) is 22.0. The van der Waals surface area contributed by atoms with Gasteiger partial charge in [-0.15, -0.1) is 24.0 Å². The van der Waals surface area contributed by atoms with E-state index >= 15 is 0 Å². The lowest BCUT2D eigenvalue weighted by Gasteiger charge is -2.13. The van der Waals surface area contributed by atoms with Gasteiger partial charge in [-0.1, -0.05) is 12.1 Å². The highest BCUT2D eigenvalue weighted by Gasteiger charge is 2.07. The third-order valence-corrected chi connectivity index (χ3v) is 4.67. The van der Waals surface area contributed by atoms with Crippen LogP contribution in [0.4, 0.5) is 0 Å². The molecule has 0 saturated carbocycles. The molecule has 0 spiro atoms. The van der Waals surface area contributed by atoms with Gasteiger partial charge in [-0.2, -0.15) is 0 Å². The summed E-state index contributed by atoms with van der Waals surface area (Å²) in [5, 5.41) is 6.69. The summed E-state index contributed by atoms with van der Waals surface area (Å²) in [5.41, 5.74) is 2.27. The molecular weight excluding hydrogens is 521 g/mol. The van der Waals surface area contributed by atoms with E-state index in [-0.39, 0.29) is 24.0 Å². The number of hydrogen-bond donors (Lipinski definition) is 2. The lowest BCUT2D eigenvalue weighted by molar-refractivity contribution is 0.310. The predicted octanol–water partition coefficient (Wildman–Crippen LogP) is 4.42. The quantitative estimate of drug-likeness (QED) is 0.174. The number of benzene rings is 2. The molecule has 0 aliphatic rings. The van der Waals surface area contributed by atoms with Crippen molar-refractivity contribution in [3.05, 3.63) is 47.5 Å². The molecule has 178 valence electrons. The highest BCUT2D eigenvalue weighted by molar-refractivity contribution is 14.0. The molecule has 0 radical (unpaired) electrons. The summed E-state index contributed by atoms with van der Waals surface area (Å²) in [6.45, 7) is 6.80. The summed E-state index contributed by atoms with van der Waals surface area (Å²) in [6.07, 6.45) is 1.91. The fourth-order valence-corrected chi connectivity index (χ4v) is 3.14. The second kappa shape index (κ2) is 15.4. The predicted molar refractivity (Wildman–Crippen MR) is 140 cm³/mol. The van der Waals surface area contributed by atoms with Crippen LogP contribution in [0.1, 0.15) is 31.4 Å². The summed E-state index contributed by atoms with van der Waals surface area (Å²) >= 11 is 0. The summed E-state index contributed by atoms with van der Waals surface area (Å²) in [5.74, 6) is 3.77. The third-order valence-electron chi connectivity index (χ3n) is 4.67. The van der Waals surface area contributed by atoms with Gasteiger partial charge in [-0.25, -0.2) is 4.99 Å². The van der Waals surface area contributed by atoms with Gasteiger partial charge in [-0.3, -0.25) is 0 Å². The van der Waals surface area contributed by atoms with Crippen molar-refractivity contribution in [2.45, 2.75) is 33.2 Å². The Hall–Kier alpha value is -2.36. The summed E-state index contributed by atoms with van der Waals surface area (Å²) in [7, 11) is 4.92. The number of guanidine groups is 1. The van der Waals surface area contributed by atoms with Crippen LogP contribution in [0.15, 0.2) is 41.4 Å². The minimum atomic E-state index is 0. The van der Waals surface area contributed by atoms with Gasteiger partial charge in [-0.05, 0) is 62.1 Å². The number of rotatable bonds is 12. The van der Waals surface area contributed by atoms with Crippen LogP contribution in [-0.4, -0.2) is 47.0 Å². The maximum atomic E-state index is 5.66. The Morgan fingerprint density at radius 1 is 0.812 bits per heavy atom. The van der Waals surface area contributed by atoms with Gasteiger partial charge < -0.3 is 29.6 Å². The summed E-state index contributed by atoms with van der Waals surface area (Å²) < 4.78 is 21.7. The fourth-order valence-electron chi connectivity index (χ4n) is 3.14. The molecule has 2 aromatic rings. The first kappa shape index (κ1) is 27.7. The molecule has 0 fully saturated rings. The Labute approximate surface area is 208 Å². The van der Waals surface area contributed by atoms with Crippen molar-refractivity contribution in [1.82, 2.24) is 10.6 Å². The van der Waals surface area contributed by atoms with E-state index in [9.17, 15) is 0 Å². The van der Waals surface area contributed by atoms with Crippen LogP contribution in [0.25, 0.3) is 0 Å². The Kier molecular flexibility index (Phi) is 13.4. The number of nitrogens with zero attached hydrogens (tertiary/aromatic N) is 1. The van der Waals surface area contributed by atoms with Crippen molar-refractivity contribution in [3.63, 3.8) is 0 Å². The number of methoxy groups -OCH3 is 3. The molecule has 32 heavy (non-hydrogen) atoms. The molecule has 7 nitrogen and oxygen atoms in total. The van der Waals surface area contributed by atoms with Gasteiger partial charge in [0.1, 0.15) is 0 Å². The number of aliphatic imine (C=N–C) groups is 1. The van der Waals surface area contributed by atoms with Crippen molar-refractivity contribution < 1.29 is 18.9 Å². The molecule has 2 rings (SSSR count). The van der Waals surface area contributed by atoms with Gasteiger partial charge in [0.25, 0.3) is 0 Å². The normalized spacial score (nSPS) is 10.7. The average molecular weight is 557 g/mol. The second-order valence-corrected chi connectivity index (χ2v) is 6.83. The molecule has 0 aliphatic heterocycles. The van der Waals surface area contributed by atoms with E-state index in [1.54, 1.807) is 21.3 Å². The number of halogens is 1. The van der Waals surface area contributed by atoms with Crippen LogP contribution >= 0.6 is 24.0 Å². The van der Waals surface area contributed by atoms with Crippen LogP contribution in [-0.2, 0) is 13.0 Å². The maximum Gasteiger partial charge on any atom is 0.191 e. The molecule has 2 N–H and O–H groups in total. The molecule has 8 heteroatoms. The molecule has 0 amide bonds. The van der Waals surface area contributed by atoms with Crippen molar-refractivity contribution in [2.75, 3.05) is 41.0 Å². The van der Waals surface area contributed by atoms with Crippen molar-refractivity contribution >= 4 is 29.9 Å². The van der Waals surface area contributed by atoms with E-state index in [0.717, 1.165) is 49.0 Å². The van der Waals surface area contributed by atoms with E-state index in [2.05, 4.69) is 34.7 Å². The molecule has 0 saturated heterocycles. The standard InChI is InChI=1S/C24H35N3O4.HI/c1-6-25-24(27-17-19-11-13-20(28-3)22(16-19)30-5)26-14-8-9-18-10-12-21(29-4)23(15-18)31-7-2;/h10-13,15-16H,6-9,14,17H2,1-5H3,(H2,25,26,27);1H. The largest absolute Gasteiger partial charge is 0.493 e. The van der Waals surface area contributed by atoms with Gasteiger partial charge in [0.2, 0.25) is 0 Å². The molecule has 0 aliphatic carbocycles. The van der Waals surface area contributed by atoms with Crippen molar-refractivity contribution in [2.24, 2.45) is 4.99 Å². The zero-order chi connectivity index (χ0) is 22.5. The molecule has 0 aromatic heterocycles. The Morgan fingerprint density at radius 3 is 2.06 bits per heavy atom. The van der Waals surface area contributed by atoms with Crippen LogP contribution in [0.3, 0.4) is 0 Å². The highest BCUT2D eigenvalue weighted by Crippen LogP contribution is 2.29. The van der Waals surface area contributed by atoms with Gasteiger partial charge >= 0.3 is 0 Å². The topological polar surface area (TPSA) is 73.3 Å². The van der Waals surface area contributed by atoms with E-state index in [1.807, 2.05) is 31.2 Å². The highest BCUT2D eigenvalue weighted by atomic mass is 127. The first-order valence-electron chi connectivity index (χ1n) is 10.7. The SMILES string of the molecule is CCNC(=NCc1ccc(OC)c(OC)c1)NCCCc1ccc(OC)c(OCC)c1.I. The molecule has 0 heterocycles. The zero-order valence-electron chi connectivity index (χ0n) is 19.7. The fraction of sp³-hybridized carbons (Fsp3) is 0.458. The van der Waals surface area contributed by atoms with Crippen molar-refractivity contribution in [3.8, 4) is 23.0 Å². The van der Waals surface area contributed by atoms with Gasteiger partial charge in [0.05, 0.1) is 34.5 Å². The number of hydrogen-bond acceptors (Lipinski definition) is 5. The minimum absolute atomic E-state index is 0. The second-order valence-electron chi connectivity index (χ2n) is 6.83. The number of nitrogens with one attached hydrogen (secondary N) is 2. The van der Waals surface area contributed by atoms with Crippen LogP contribution < -0.4 is 29.6 Å². The minimum Gasteiger partial charge on any atom is -0.493 e. The monoisotopic (exact) mass is 557 g/mol. The van der Waals surface area contributed by atoms with Crippen LogP contribution in [0.2, 0.25) is 0 Å². The first-order chi connectivity index (χ1) is 15.1. The number of ether oxygens (including phenoxy) is 4. The number of aryl methyl sites for hydroxylation is 1. The Bertz CT molecular complexity index is 846. The molecule has 0 bridgehead atoms. The summed E-state index contributed by atoms with van der Waals surface area (Å²) in [4.78, 5) is 4.68. The van der Waals surface area contributed by atoms with Crippen LogP contribution in [0.5, 0.6) is 23.0 Å². The summed E-state index contributed by atoms with van der Waals surface area (Å²) in [6, 6.07) is 11.9. The van der Waals surface area contributed by atoms with E-state index in [0.29, 0.717) is 24.7 Å². The van der Waals surface area contributed by atoms with E-state index in [4.69, 9.17) is 18.9 Å². The van der Waals surface area contributed by atoms with Crippen LogP contribution in [0, 0.1) is 0 Å². The van der Waals surface area contributed by atoms with E-state index in [1.165, 1.54) is 5.56 Å². The molecule has 0 atom stereocenters. The lowest BCUT2D eigenvalue weighted by atomic mass is 10.1. The van der Waals surface area contributed by atoms with E-state index < -0.39 is 0 Å². The first-order valence-corrected chi connectivity index (χ1v) is 10.7. The van der Waals surface area contributed by atoms with Gasteiger partial charge in [0.15, 0.2) is 29.0 Å². The van der Waals surface area contributed by atoms with Crippen molar-refractivity contribution in [1.29, 1.82) is 0 Å². The molecule has 0 unspecified atom stereocenters. The Balaban J connectivity index is 0.00000512. The lowest BCUT2D eigenvalue weighted by Crippen LogP contribution is -2.37. The molecule has 2 aromatic carbocycles. The Morgan fingerprint density at radius 2 is 1.44 bits per heavy atom. The molecular formula is C24H36IN3O4. The third kappa shape index (κ3) is 8.64. The average Bonchev–Trinajstić information content (AvgIpc) is 2.80. The smallest absolute Gasteiger partial charge is 0.191 e. The van der Waals surface area contributed by atoms with Gasteiger partial charge in [0, 0.05) is 13.1 Å².